The number of nitrogens with one attached hydrogen (secondary N) is 1. The van der Waals surface area contributed by atoms with Gasteiger partial charge < -0.3 is 16.2 Å². The van der Waals surface area contributed by atoms with Gasteiger partial charge in [0.15, 0.2) is 0 Å². The summed E-state index contributed by atoms with van der Waals surface area (Å²) in [6, 6.07) is 7.02. The van der Waals surface area contributed by atoms with Crippen molar-refractivity contribution in [1.29, 1.82) is 0 Å². The number of aliphatic hydroxyl groups is 1. The van der Waals surface area contributed by atoms with E-state index in [0.29, 0.717) is 5.92 Å². The second-order valence-electron chi connectivity index (χ2n) is 5.36. The summed E-state index contributed by atoms with van der Waals surface area (Å²) in [7, 11) is 0. The standard InChI is InChI=1S/C15H22N2O2/c1-10(18)17-13-8-6-11(7-9-13)14(16)15(19)12-4-2-3-5-12/h6-9,12,14-15,19H,2-5,16H2,1H3,(H,17,18)/t14-,15+/m0/s1. The lowest BCUT2D eigenvalue weighted by Crippen LogP contribution is -2.31. The van der Waals surface area contributed by atoms with Crippen LogP contribution in [0.5, 0.6) is 0 Å². The minimum Gasteiger partial charge on any atom is -0.391 e. The highest BCUT2D eigenvalue weighted by atomic mass is 16.3. The van der Waals surface area contributed by atoms with Gasteiger partial charge in [0.2, 0.25) is 5.91 Å². The maximum Gasteiger partial charge on any atom is 0.221 e. The Morgan fingerprint density at radius 3 is 2.42 bits per heavy atom. The van der Waals surface area contributed by atoms with Crippen LogP contribution in [0.4, 0.5) is 5.69 Å². The summed E-state index contributed by atoms with van der Waals surface area (Å²) in [5, 5.41) is 13.0. The van der Waals surface area contributed by atoms with Gasteiger partial charge in [-0.05, 0) is 36.5 Å². The number of anilines is 1. The highest BCUT2D eigenvalue weighted by molar-refractivity contribution is 5.88. The van der Waals surface area contributed by atoms with Crippen LogP contribution in [0.2, 0.25) is 0 Å². The van der Waals surface area contributed by atoms with Crippen molar-refractivity contribution in [2.24, 2.45) is 11.7 Å². The van der Waals surface area contributed by atoms with Crippen LogP contribution in [0.15, 0.2) is 24.3 Å². The van der Waals surface area contributed by atoms with Crippen LogP contribution in [0.25, 0.3) is 0 Å². The van der Waals surface area contributed by atoms with E-state index in [-0.39, 0.29) is 11.9 Å². The van der Waals surface area contributed by atoms with Crippen molar-refractivity contribution in [3.63, 3.8) is 0 Å². The topological polar surface area (TPSA) is 75.4 Å². The molecule has 1 fully saturated rings. The van der Waals surface area contributed by atoms with Crippen LogP contribution in [0, 0.1) is 5.92 Å². The van der Waals surface area contributed by atoms with Gasteiger partial charge in [0.05, 0.1) is 12.1 Å². The van der Waals surface area contributed by atoms with E-state index in [1.165, 1.54) is 19.8 Å². The van der Waals surface area contributed by atoms with Crippen molar-refractivity contribution in [3.05, 3.63) is 29.8 Å². The molecule has 0 aromatic heterocycles. The summed E-state index contributed by atoms with van der Waals surface area (Å²) in [5.74, 6) is 0.230. The summed E-state index contributed by atoms with van der Waals surface area (Å²) in [6.07, 6.45) is 4.04. The van der Waals surface area contributed by atoms with E-state index in [4.69, 9.17) is 5.73 Å². The molecule has 1 aromatic carbocycles. The van der Waals surface area contributed by atoms with Gasteiger partial charge in [-0.15, -0.1) is 0 Å². The maximum atomic E-state index is 10.9. The molecule has 19 heavy (non-hydrogen) atoms. The van der Waals surface area contributed by atoms with E-state index in [1.807, 2.05) is 24.3 Å². The Bertz CT molecular complexity index is 424. The van der Waals surface area contributed by atoms with E-state index in [0.717, 1.165) is 24.1 Å². The minimum absolute atomic E-state index is 0.0944. The van der Waals surface area contributed by atoms with Gasteiger partial charge in [-0.2, -0.15) is 0 Å². The molecule has 0 aliphatic heterocycles. The molecule has 0 bridgehead atoms. The predicted octanol–water partition coefficient (Wildman–Crippen LogP) is 2.20. The smallest absolute Gasteiger partial charge is 0.221 e. The molecule has 1 amide bonds. The molecule has 0 saturated heterocycles. The Labute approximate surface area is 114 Å². The monoisotopic (exact) mass is 262 g/mol. The second-order valence-corrected chi connectivity index (χ2v) is 5.36. The van der Waals surface area contributed by atoms with E-state index in [2.05, 4.69) is 5.32 Å². The molecule has 1 aliphatic rings. The number of carbonyl (C=O) groups excluding carboxylic acids is 1. The van der Waals surface area contributed by atoms with Crippen LogP contribution in [0.3, 0.4) is 0 Å². The van der Waals surface area contributed by atoms with Gasteiger partial charge in [0.25, 0.3) is 0 Å². The van der Waals surface area contributed by atoms with Gasteiger partial charge in [-0.1, -0.05) is 25.0 Å². The highest BCUT2D eigenvalue weighted by Gasteiger charge is 2.28. The van der Waals surface area contributed by atoms with Gasteiger partial charge in [-0.3, -0.25) is 4.79 Å². The van der Waals surface area contributed by atoms with E-state index in [9.17, 15) is 9.90 Å². The van der Waals surface area contributed by atoms with Crippen molar-refractivity contribution in [1.82, 2.24) is 0 Å². The van der Waals surface area contributed by atoms with Crippen LogP contribution in [-0.4, -0.2) is 17.1 Å². The molecule has 1 saturated carbocycles. The Morgan fingerprint density at radius 1 is 1.32 bits per heavy atom. The molecule has 0 spiro atoms. The zero-order valence-electron chi connectivity index (χ0n) is 11.3. The number of hydrogen-bond donors (Lipinski definition) is 3. The summed E-state index contributed by atoms with van der Waals surface area (Å²) in [6.45, 7) is 1.48. The number of rotatable bonds is 4. The predicted molar refractivity (Wildman–Crippen MR) is 75.6 cm³/mol. The maximum absolute atomic E-state index is 10.9. The summed E-state index contributed by atoms with van der Waals surface area (Å²) < 4.78 is 0. The first-order valence-corrected chi connectivity index (χ1v) is 6.89. The van der Waals surface area contributed by atoms with Gasteiger partial charge >= 0.3 is 0 Å². The quantitative estimate of drug-likeness (QED) is 0.778. The number of benzene rings is 1. The number of nitrogens with two attached hydrogens (primary N) is 1. The van der Waals surface area contributed by atoms with Gasteiger partial charge in [-0.25, -0.2) is 0 Å². The number of carbonyl (C=O) groups is 1. The molecule has 4 heteroatoms. The van der Waals surface area contributed by atoms with E-state index < -0.39 is 6.10 Å². The first-order chi connectivity index (χ1) is 9.08. The minimum atomic E-state index is -0.478. The van der Waals surface area contributed by atoms with Crippen LogP contribution >= 0.6 is 0 Å². The lowest BCUT2D eigenvalue weighted by Gasteiger charge is -2.24. The molecule has 0 unspecified atom stereocenters. The average Bonchev–Trinajstić information content (AvgIpc) is 2.91. The Balaban J connectivity index is 2.02. The lowest BCUT2D eigenvalue weighted by molar-refractivity contribution is -0.114. The molecule has 0 heterocycles. The molecule has 1 aliphatic carbocycles. The van der Waals surface area contributed by atoms with Crippen molar-refractivity contribution < 1.29 is 9.90 Å². The molecule has 2 rings (SSSR count). The molecule has 104 valence electrons. The van der Waals surface area contributed by atoms with Crippen LogP contribution < -0.4 is 11.1 Å². The molecule has 4 N–H and O–H groups in total. The second kappa shape index (κ2) is 6.17. The zero-order valence-corrected chi connectivity index (χ0v) is 11.3. The third-order valence-electron chi connectivity index (χ3n) is 3.87. The highest BCUT2D eigenvalue weighted by Crippen LogP contribution is 2.32. The fourth-order valence-corrected chi connectivity index (χ4v) is 2.78. The van der Waals surface area contributed by atoms with Crippen molar-refractivity contribution in [2.75, 3.05) is 5.32 Å². The fraction of sp³-hybridized carbons (Fsp3) is 0.533. The molecular weight excluding hydrogens is 240 g/mol. The Morgan fingerprint density at radius 2 is 1.89 bits per heavy atom. The molecule has 0 radical (unpaired) electrons. The largest absolute Gasteiger partial charge is 0.391 e. The van der Waals surface area contributed by atoms with Crippen LogP contribution in [-0.2, 0) is 4.79 Å². The SMILES string of the molecule is CC(=O)Nc1ccc([C@H](N)[C@H](O)C2CCCC2)cc1. The normalized spacial score (nSPS) is 19.1. The molecular formula is C15H22N2O2. The zero-order chi connectivity index (χ0) is 13.8. The molecule has 1 aromatic rings. The van der Waals surface area contributed by atoms with Crippen molar-refractivity contribution >= 4 is 11.6 Å². The van der Waals surface area contributed by atoms with E-state index >= 15 is 0 Å². The summed E-state index contributed by atoms with van der Waals surface area (Å²) in [5.41, 5.74) is 7.79. The van der Waals surface area contributed by atoms with Gasteiger partial charge in [0, 0.05) is 12.6 Å². The third kappa shape index (κ3) is 3.55. The van der Waals surface area contributed by atoms with Crippen LogP contribution in [0.1, 0.15) is 44.2 Å². The first kappa shape index (κ1) is 14.0. The van der Waals surface area contributed by atoms with Gasteiger partial charge in [0.1, 0.15) is 0 Å². The molecule has 4 nitrogen and oxygen atoms in total. The third-order valence-corrected chi connectivity index (χ3v) is 3.87. The summed E-state index contributed by atoms with van der Waals surface area (Å²) >= 11 is 0. The number of aliphatic hydroxyl groups excluding tert-OH is 1. The van der Waals surface area contributed by atoms with E-state index in [1.54, 1.807) is 0 Å². The first-order valence-electron chi connectivity index (χ1n) is 6.89. The lowest BCUT2D eigenvalue weighted by atomic mass is 9.91. The Kier molecular flexibility index (Phi) is 4.56. The summed E-state index contributed by atoms with van der Waals surface area (Å²) in [4.78, 5) is 10.9. The number of amides is 1. The van der Waals surface area contributed by atoms with Crippen molar-refractivity contribution in [2.45, 2.75) is 44.8 Å². The fourth-order valence-electron chi connectivity index (χ4n) is 2.78. The number of hydrogen-bond acceptors (Lipinski definition) is 3. The average molecular weight is 262 g/mol. The van der Waals surface area contributed by atoms with Crippen molar-refractivity contribution in [3.8, 4) is 0 Å². The molecule has 2 atom stereocenters. The Hall–Kier alpha value is -1.39.